The highest BCUT2D eigenvalue weighted by Gasteiger charge is 2.28. The molecule has 0 radical (unpaired) electrons. The van der Waals surface area contributed by atoms with Crippen LogP contribution in [-0.4, -0.2) is 69.0 Å². The van der Waals surface area contributed by atoms with Crippen LogP contribution in [0.25, 0.3) is 0 Å². The van der Waals surface area contributed by atoms with Crippen molar-refractivity contribution in [2.75, 3.05) is 39.4 Å². The highest BCUT2D eigenvalue weighted by molar-refractivity contribution is 7.89. The predicted molar refractivity (Wildman–Crippen MR) is 114 cm³/mol. The highest BCUT2D eigenvalue weighted by Crippen LogP contribution is 2.19. The molecule has 4 rings (SSSR count). The van der Waals surface area contributed by atoms with Gasteiger partial charge in [0, 0.05) is 44.3 Å². The van der Waals surface area contributed by atoms with Crippen LogP contribution in [0.5, 0.6) is 0 Å². The summed E-state index contributed by atoms with van der Waals surface area (Å²) in [5, 5.41) is 3.06. The molecule has 2 heterocycles. The van der Waals surface area contributed by atoms with Gasteiger partial charge < -0.3 is 10.1 Å². The number of hydrogen-bond donors (Lipinski definition) is 1. The summed E-state index contributed by atoms with van der Waals surface area (Å²) in [5.41, 5.74) is 1.62. The van der Waals surface area contributed by atoms with E-state index >= 15 is 0 Å². The second-order valence-electron chi connectivity index (χ2n) is 7.72. The smallest absolute Gasteiger partial charge is 0.251 e. The van der Waals surface area contributed by atoms with Gasteiger partial charge in [0.15, 0.2) is 0 Å². The molecule has 2 aliphatic heterocycles. The van der Waals surface area contributed by atoms with Crippen LogP contribution in [0.2, 0.25) is 0 Å². The first-order valence-electron chi connectivity index (χ1n) is 10.3. The number of ether oxygens (including phenoxy) is 1. The molecule has 0 bridgehead atoms. The minimum absolute atomic E-state index is 0.0562. The second-order valence-corrected chi connectivity index (χ2v) is 9.66. The normalized spacial score (nSPS) is 20.9. The molecule has 0 aromatic heterocycles. The van der Waals surface area contributed by atoms with Crippen molar-refractivity contribution in [1.82, 2.24) is 14.5 Å². The number of carbonyl (C=O) groups excluding carboxylic acids is 1. The molecule has 7 nitrogen and oxygen atoms in total. The third kappa shape index (κ3) is 4.89. The maximum atomic E-state index is 12.9. The van der Waals surface area contributed by atoms with Gasteiger partial charge in [-0.2, -0.15) is 4.31 Å². The van der Waals surface area contributed by atoms with Crippen molar-refractivity contribution in [2.45, 2.75) is 23.9 Å². The van der Waals surface area contributed by atoms with Crippen LogP contribution in [0.4, 0.5) is 0 Å². The van der Waals surface area contributed by atoms with Crippen LogP contribution in [0.15, 0.2) is 59.5 Å². The molecule has 0 aliphatic carbocycles. The summed E-state index contributed by atoms with van der Waals surface area (Å²) in [7, 11) is -3.62. The number of likely N-dealkylation sites (tertiary alicyclic amines) is 1. The Bertz CT molecular complexity index is 975. The van der Waals surface area contributed by atoms with Gasteiger partial charge >= 0.3 is 0 Å². The van der Waals surface area contributed by atoms with Crippen LogP contribution in [0.1, 0.15) is 22.3 Å². The SMILES string of the molecule is O=C(NC1CCN(Cc2ccccc2)C1)c1cccc(S(=O)(=O)N2CCOCC2)c1. The zero-order valence-corrected chi connectivity index (χ0v) is 17.7. The highest BCUT2D eigenvalue weighted by atomic mass is 32.2. The van der Waals surface area contributed by atoms with Gasteiger partial charge in [0.25, 0.3) is 5.91 Å². The summed E-state index contributed by atoms with van der Waals surface area (Å²) in [5.74, 6) is -0.236. The molecule has 1 atom stereocenters. The molecule has 0 saturated carbocycles. The average molecular weight is 430 g/mol. The van der Waals surface area contributed by atoms with Crippen molar-refractivity contribution >= 4 is 15.9 Å². The van der Waals surface area contributed by atoms with Gasteiger partial charge in [-0.3, -0.25) is 9.69 Å². The van der Waals surface area contributed by atoms with Gasteiger partial charge in [-0.15, -0.1) is 0 Å². The van der Waals surface area contributed by atoms with E-state index in [0.717, 1.165) is 26.1 Å². The summed E-state index contributed by atoms with van der Waals surface area (Å²) in [6.45, 7) is 4.01. The molecular formula is C22H27N3O4S. The molecule has 0 spiro atoms. The largest absolute Gasteiger partial charge is 0.379 e. The minimum Gasteiger partial charge on any atom is -0.379 e. The lowest BCUT2D eigenvalue weighted by atomic mass is 10.2. The van der Waals surface area contributed by atoms with E-state index in [2.05, 4.69) is 22.3 Å². The van der Waals surface area contributed by atoms with Gasteiger partial charge in [-0.05, 0) is 30.2 Å². The molecule has 2 aromatic carbocycles. The van der Waals surface area contributed by atoms with E-state index in [1.54, 1.807) is 18.2 Å². The molecule has 30 heavy (non-hydrogen) atoms. The van der Waals surface area contributed by atoms with Gasteiger partial charge in [-0.1, -0.05) is 36.4 Å². The summed E-state index contributed by atoms with van der Waals surface area (Å²) < 4.78 is 32.4. The fourth-order valence-corrected chi connectivity index (χ4v) is 5.39. The first kappa shape index (κ1) is 21.0. The van der Waals surface area contributed by atoms with E-state index in [-0.39, 0.29) is 16.8 Å². The fraction of sp³-hybridized carbons (Fsp3) is 0.409. The molecule has 1 N–H and O–H groups in total. The number of benzene rings is 2. The molecule has 2 aliphatic rings. The standard InChI is InChI=1S/C22H27N3O4S/c26-22(23-20-9-10-24(17-20)16-18-5-2-1-3-6-18)19-7-4-8-21(15-19)30(27,28)25-11-13-29-14-12-25/h1-8,15,20H,9-14,16-17H2,(H,23,26). The molecule has 1 amide bonds. The lowest BCUT2D eigenvalue weighted by molar-refractivity contribution is 0.0730. The topological polar surface area (TPSA) is 79.0 Å². The van der Waals surface area contributed by atoms with Crippen LogP contribution >= 0.6 is 0 Å². The van der Waals surface area contributed by atoms with E-state index in [9.17, 15) is 13.2 Å². The maximum Gasteiger partial charge on any atom is 0.251 e. The Morgan fingerprint density at radius 3 is 2.57 bits per heavy atom. The van der Waals surface area contributed by atoms with E-state index in [1.807, 2.05) is 18.2 Å². The van der Waals surface area contributed by atoms with Crippen LogP contribution in [-0.2, 0) is 21.3 Å². The Morgan fingerprint density at radius 2 is 1.80 bits per heavy atom. The number of nitrogens with zero attached hydrogens (tertiary/aromatic N) is 2. The number of nitrogens with one attached hydrogen (secondary N) is 1. The molecule has 8 heteroatoms. The Labute approximate surface area is 177 Å². The van der Waals surface area contributed by atoms with Crippen molar-refractivity contribution in [2.24, 2.45) is 0 Å². The zero-order valence-electron chi connectivity index (χ0n) is 16.9. The molecule has 1 unspecified atom stereocenters. The summed E-state index contributed by atoms with van der Waals surface area (Å²) in [4.78, 5) is 15.2. The number of hydrogen-bond acceptors (Lipinski definition) is 5. The predicted octanol–water partition coefficient (Wildman–Crippen LogP) is 1.71. The Morgan fingerprint density at radius 1 is 1.03 bits per heavy atom. The quantitative estimate of drug-likeness (QED) is 0.756. The van der Waals surface area contributed by atoms with Crippen LogP contribution in [0.3, 0.4) is 0 Å². The third-order valence-electron chi connectivity index (χ3n) is 5.56. The Kier molecular flexibility index (Phi) is 6.48. The van der Waals surface area contributed by atoms with Gasteiger partial charge in [0.2, 0.25) is 10.0 Å². The van der Waals surface area contributed by atoms with Crippen molar-refractivity contribution in [1.29, 1.82) is 0 Å². The molecule has 2 saturated heterocycles. The number of carbonyl (C=O) groups is 1. The number of rotatable bonds is 6. The van der Waals surface area contributed by atoms with Gasteiger partial charge in [0.05, 0.1) is 18.1 Å². The molecule has 2 fully saturated rings. The van der Waals surface area contributed by atoms with Gasteiger partial charge in [-0.25, -0.2) is 8.42 Å². The minimum atomic E-state index is -3.62. The van der Waals surface area contributed by atoms with Crippen molar-refractivity contribution < 1.29 is 17.9 Å². The molecule has 160 valence electrons. The lowest BCUT2D eigenvalue weighted by Crippen LogP contribution is -2.40. The summed E-state index contributed by atoms with van der Waals surface area (Å²) >= 11 is 0. The molecular weight excluding hydrogens is 402 g/mol. The number of sulfonamides is 1. The van der Waals surface area contributed by atoms with E-state index in [1.165, 1.54) is 15.9 Å². The average Bonchev–Trinajstić information content (AvgIpc) is 3.21. The second kappa shape index (κ2) is 9.26. The number of morpholine rings is 1. The Balaban J connectivity index is 1.38. The maximum absolute atomic E-state index is 12.9. The van der Waals surface area contributed by atoms with Crippen LogP contribution in [0, 0.1) is 0 Å². The first-order chi connectivity index (χ1) is 14.5. The summed E-state index contributed by atoms with van der Waals surface area (Å²) in [6, 6.07) is 16.6. The first-order valence-corrected chi connectivity index (χ1v) is 11.7. The lowest BCUT2D eigenvalue weighted by Gasteiger charge is -2.26. The number of amides is 1. The van der Waals surface area contributed by atoms with Crippen molar-refractivity contribution in [3.63, 3.8) is 0 Å². The fourth-order valence-electron chi connectivity index (χ4n) is 3.94. The molecule has 2 aromatic rings. The zero-order chi connectivity index (χ0) is 21.0. The van der Waals surface area contributed by atoms with Gasteiger partial charge in [0.1, 0.15) is 0 Å². The van der Waals surface area contributed by atoms with Crippen molar-refractivity contribution in [3.05, 3.63) is 65.7 Å². The van der Waals surface area contributed by atoms with E-state index in [4.69, 9.17) is 4.74 Å². The monoisotopic (exact) mass is 429 g/mol. The van der Waals surface area contributed by atoms with Crippen LogP contribution < -0.4 is 5.32 Å². The van der Waals surface area contributed by atoms with E-state index in [0.29, 0.717) is 31.9 Å². The van der Waals surface area contributed by atoms with E-state index < -0.39 is 10.0 Å². The van der Waals surface area contributed by atoms with Crippen molar-refractivity contribution in [3.8, 4) is 0 Å². The Hall–Kier alpha value is -2.26. The third-order valence-corrected chi connectivity index (χ3v) is 7.46. The summed E-state index contributed by atoms with van der Waals surface area (Å²) in [6.07, 6.45) is 0.879.